The molecule has 20 heavy (non-hydrogen) atoms. The van der Waals surface area contributed by atoms with Crippen LogP contribution in [-0.4, -0.2) is 14.8 Å². The van der Waals surface area contributed by atoms with Crippen molar-refractivity contribution in [2.75, 3.05) is 0 Å². The van der Waals surface area contributed by atoms with Gasteiger partial charge in [0.2, 0.25) is 0 Å². The van der Waals surface area contributed by atoms with E-state index in [9.17, 15) is 0 Å². The SMILES string of the molecule is C=CCn1c(C)nnc1SCc1ccc(C(C)C)cc1. The molecule has 1 aromatic heterocycles. The van der Waals surface area contributed by atoms with E-state index in [2.05, 4.69) is 59.5 Å². The van der Waals surface area contributed by atoms with E-state index in [0.29, 0.717) is 5.92 Å². The quantitative estimate of drug-likeness (QED) is 0.589. The van der Waals surface area contributed by atoms with Crippen LogP contribution >= 0.6 is 11.8 Å². The molecule has 0 N–H and O–H groups in total. The zero-order valence-electron chi connectivity index (χ0n) is 12.3. The molecule has 0 bridgehead atoms. The van der Waals surface area contributed by atoms with E-state index in [0.717, 1.165) is 23.3 Å². The Morgan fingerprint density at radius 3 is 2.55 bits per heavy atom. The van der Waals surface area contributed by atoms with Crippen LogP contribution < -0.4 is 0 Å². The van der Waals surface area contributed by atoms with Crippen LogP contribution in [0, 0.1) is 6.92 Å². The average Bonchev–Trinajstić information content (AvgIpc) is 2.79. The highest BCUT2D eigenvalue weighted by molar-refractivity contribution is 7.98. The number of thioether (sulfide) groups is 1. The van der Waals surface area contributed by atoms with Crippen LogP contribution in [0.25, 0.3) is 0 Å². The van der Waals surface area contributed by atoms with Crippen LogP contribution in [0.1, 0.15) is 36.7 Å². The number of nitrogens with zero attached hydrogens (tertiary/aromatic N) is 3. The lowest BCUT2D eigenvalue weighted by molar-refractivity contribution is 0.703. The molecule has 0 spiro atoms. The van der Waals surface area contributed by atoms with Crippen molar-refractivity contribution in [3.05, 3.63) is 53.9 Å². The molecule has 0 radical (unpaired) electrons. The van der Waals surface area contributed by atoms with E-state index in [1.54, 1.807) is 11.8 Å². The molecule has 0 unspecified atom stereocenters. The zero-order valence-corrected chi connectivity index (χ0v) is 13.2. The second-order valence-corrected chi connectivity index (χ2v) is 6.06. The first-order chi connectivity index (χ1) is 9.61. The van der Waals surface area contributed by atoms with Crippen molar-refractivity contribution in [1.29, 1.82) is 0 Å². The van der Waals surface area contributed by atoms with E-state index >= 15 is 0 Å². The van der Waals surface area contributed by atoms with Crippen LogP contribution in [0.3, 0.4) is 0 Å². The molecule has 3 nitrogen and oxygen atoms in total. The predicted octanol–water partition coefficient (Wildman–Crippen LogP) is 4.19. The second kappa shape index (κ2) is 6.75. The average molecular weight is 287 g/mol. The lowest BCUT2D eigenvalue weighted by Crippen LogP contribution is -2.00. The van der Waals surface area contributed by atoms with Gasteiger partial charge in [-0.15, -0.1) is 16.8 Å². The summed E-state index contributed by atoms with van der Waals surface area (Å²) in [7, 11) is 0. The molecule has 4 heteroatoms. The van der Waals surface area contributed by atoms with E-state index in [1.165, 1.54) is 11.1 Å². The van der Waals surface area contributed by atoms with Gasteiger partial charge in [-0.2, -0.15) is 0 Å². The first-order valence-electron chi connectivity index (χ1n) is 6.84. The minimum atomic E-state index is 0.579. The lowest BCUT2D eigenvalue weighted by atomic mass is 10.0. The Balaban J connectivity index is 2.03. The standard InChI is InChI=1S/C16H21N3S/c1-5-10-19-13(4)17-18-16(19)20-11-14-6-8-15(9-7-14)12(2)3/h5-9,12H,1,10-11H2,2-4H3. The molecule has 0 atom stereocenters. The molecule has 1 aromatic carbocycles. The molecular formula is C16H21N3S. The molecule has 2 aromatic rings. The Kier molecular flexibility index (Phi) is 5.01. The summed E-state index contributed by atoms with van der Waals surface area (Å²) in [5, 5.41) is 9.31. The summed E-state index contributed by atoms with van der Waals surface area (Å²) in [5.74, 6) is 2.42. The number of allylic oxidation sites excluding steroid dienone is 1. The highest BCUT2D eigenvalue weighted by Crippen LogP contribution is 2.23. The largest absolute Gasteiger partial charge is 0.302 e. The number of hydrogen-bond donors (Lipinski definition) is 0. The molecule has 0 aliphatic heterocycles. The van der Waals surface area contributed by atoms with Crippen LogP contribution in [0.4, 0.5) is 0 Å². The van der Waals surface area contributed by atoms with Gasteiger partial charge in [0.25, 0.3) is 0 Å². The summed E-state index contributed by atoms with van der Waals surface area (Å²) < 4.78 is 2.08. The van der Waals surface area contributed by atoms with Gasteiger partial charge in [0.1, 0.15) is 5.82 Å². The van der Waals surface area contributed by atoms with E-state index < -0.39 is 0 Å². The van der Waals surface area contributed by atoms with Gasteiger partial charge in [-0.3, -0.25) is 0 Å². The fraction of sp³-hybridized carbons (Fsp3) is 0.375. The third kappa shape index (κ3) is 3.51. The first-order valence-corrected chi connectivity index (χ1v) is 7.82. The van der Waals surface area contributed by atoms with Crippen LogP contribution in [-0.2, 0) is 12.3 Å². The normalized spacial score (nSPS) is 11.0. The second-order valence-electron chi connectivity index (χ2n) is 5.11. The summed E-state index contributed by atoms with van der Waals surface area (Å²) >= 11 is 1.72. The lowest BCUT2D eigenvalue weighted by Gasteiger charge is -2.07. The van der Waals surface area contributed by atoms with Gasteiger partial charge in [-0.1, -0.05) is 56.0 Å². The van der Waals surface area contributed by atoms with Gasteiger partial charge in [0, 0.05) is 12.3 Å². The summed E-state index contributed by atoms with van der Waals surface area (Å²) in [6.45, 7) is 10.9. The smallest absolute Gasteiger partial charge is 0.191 e. The molecule has 0 amide bonds. The fourth-order valence-electron chi connectivity index (χ4n) is 1.95. The van der Waals surface area contributed by atoms with Crippen LogP contribution in [0.2, 0.25) is 0 Å². The molecule has 0 aliphatic rings. The summed E-state index contributed by atoms with van der Waals surface area (Å²) in [4.78, 5) is 0. The minimum Gasteiger partial charge on any atom is -0.302 e. The van der Waals surface area contributed by atoms with Crippen molar-refractivity contribution < 1.29 is 0 Å². The highest BCUT2D eigenvalue weighted by Gasteiger charge is 2.08. The van der Waals surface area contributed by atoms with Crippen LogP contribution in [0.15, 0.2) is 42.1 Å². The highest BCUT2D eigenvalue weighted by atomic mass is 32.2. The number of aromatic nitrogens is 3. The number of aryl methyl sites for hydroxylation is 1. The Bertz CT molecular complexity index is 570. The maximum absolute atomic E-state index is 4.22. The maximum atomic E-state index is 4.22. The predicted molar refractivity (Wildman–Crippen MR) is 85.0 cm³/mol. The molecule has 0 saturated carbocycles. The Morgan fingerprint density at radius 2 is 1.95 bits per heavy atom. The number of benzene rings is 1. The van der Waals surface area contributed by atoms with Crippen molar-refractivity contribution in [2.24, 2.45) is 0 Å². The minimum absolute atomic E-state index is 0.579. The summed E-state index contributed by atoms with van der Waals surface area (Å²) in [6.07, 6.45) is 1.87. The fourth-order valence-corrected chi connectivity index (χ4v) is 2.90. The van der Waals surface area contributed by atoms with Crippen molar-refractivity contribution in [3.63, 3.8) is 0 Å². The maximum Gasteiger partial charge on any atom is 0.191 e. The number of hydrogen-bond acceptors (Lipinski definition) is 3. The van der Waals surface area contributed by atoms with Gasteiger partial charge in [-0.05, 0) is 24.0 Å². The molecule has 106 valence electrons. The van der Waals surface area contributed by atoms with Crippen molar-refractivity contribution in [1.82, 2.24) is 14.8 Å². The number of rotatable bonds is 6. The van der Waals surface area contributed by atoms with E-state index in [1.807, 2.05) is 13.0 Å². The van der Waals surface area contributed by atoms with Gasteiger partial charge >= 0.3 is 0 Å². The Morgan fingerprint density at radius 1 is 1.25 bits per heavy atom. The Labute approximate surface area is 125 Å². The van der Waals surface area contributed by atoms with Gasteiger partial charge in [0.15, 0.2) is 5.16 Å². The molecule has 0 fully saturated rings. The van der Waals surface area contributed by atoms with Crippen molar-refractivity contribution in [2.45, 2.75) is 44.1 Å². The topological polar surface area (TPSA) is 30.7 Å². The molecule has 0 aliphatic carbocycles. The first kappa shape index (κ1) is 14.9. The molecular weight excluding hydrogens is 266 g/mol. The third-order valence-corrected chi connectivity index (χ3v) is 4.27. The molecule has 1 heterocycles. The van der Waals surface area contributed by atoms with Crippen molar-refractivity contribution in [3.8, 4) is 0 Å². The zero-order chi connectivity index (χ0) is 14.5. The van der Waals surface area contributed by atoms with E-state index in [-0.39, 0.29) is 0 Å². The van der Waals surface area contributed by atoms with Crippen LogP contribution in [0.5, 0.6) is 0 Å². The summed E-state index contributed by atoms with van der Waals surface area (Å²) in [6, 6.07) is 8.81. The Hall–Kier alpha value is -1.55. The third-order valence-electron chi connectivity index (χ3n) is 3.23. The van der Waals surface area contributed by atoms with Crippen molar-refractivity contribution >= 4 is 11.8 Å². The van der Waals surface area contributed by atoms with E-state index in [4.69, 9.17) is 0 Å². The molecule has 2 rings (SSSR count). The van der Waals surface area contributed by atoms with Gasteiger partial charge < -0.3 is 4.57 Å². The monoisotopic (exact) mass is 287 g/mol. The van der Waals surface area contributed by atoms with Gasteiger partial charge in [0.05, 0.1) is 0 Å². The molecule has 0 saturated heterocycles. The summed E-state index contributed by atoms with van der Waals surface area (Å²) in [5.41, 5.74) is 2.69. The van der Waals surface area contributed by atoms with Gasteiger partial charge in [-0.25, -0.2) is 0 Å².